The zero-order valence-corrected chi connectivity index (χ0v) is 17.7. The van der Waals surface area contributed by atoms with Crippen LogP contribution in [0.3, 0.4) is 0 Å². The molecular weight excluding hydrogens is 394 g/mol. The van der Waals surface area contributed by atoms with Gasteiger partial charge in [0.1, 0.15) is 11.6 Å². The van der Waals surface area contributed by atoms with Gasteiger partial charge in [-0.3, -0.25) is 9.59 Å². The van der Waals surface area contributed by atoms with Gasteiger partial charge in [-0.2, -0.15) is 14.8 Å². The third-order valence-corrected chi connectivity index (χ3v) is 5.20. The summed E-state index contributed by atoms with van der Waals surface area (Å²) in [5.74, 6) is 0.878. The molecule has 0 radical (unpaired) electrons. The van der Waals surface area contributed by atoms with Crippen molar-refractivity contribution in [2.75, 3.05) is 11.9 Å². The van der Waals surface area contributed by atoms with E-state index in [1.807, 2.05) is 6.07 Å². The van der Waals surface area contributed by atoms with Gasteiger partial charge in [0.2, 0.25) is 0 Å². The Morgan fingerprint density at radius 1 is 1.26 bits per heavy atom. The van der Waals surface area contributed by atoms with Gasteiger partial charge in [-0.25, -0.2) is 4.99 Å². The van der Waals surface area contributed by atoms with Crippen LogP contribution in [0.15, 0.2) is 52.5 Å². The van der Waals surface area contributed by atoms with Gasteiger partial charge in [-0.05, 0) is 50.5 Å². The average molecular weight is 419 g/mol. The molecular formula is C23H25N5O3. The van der Waals surface area contributed by atoms with E-state index in [1.54, 1.807) is 31.2 Å². The summed E-state index contributed by atoms with van der Waals surface area (Å²) in [5, 5.41) is 7.43. The van der Waals surface area contributed by atoms with Crippen LogP contribution in [0.5, 0.6) is 5.75 Å². The van der Waals surface area contributed by atoms with Gasteiger partial charge in [-0.15, -0.1) is 0 Å². The lowest BCUT2D eigenvalue weighted by Gasteiger charge is -2.13. The molecule has 2 amide bonds. The summed E-state index contributed by atoms with van der Waals surface area (Å²) in [5.41, 5.74) is 2.07. The monoisotopic (exact) mass is 419 g/mol. The van der Waals surface area contributed by atoms with E-state index < -0.39 is 5.91 Å². The first kappa shape index (κ1) is 20.7. The van der Waals surface area contributed by atoms with Gasteiger partial charge >= 0.3 is 0 Å². The van der Waals surface area contributed by atoms with E-state index in [4.69, 9.17) is 4.74 Å². The number of unbranched alkanes of at least 4 members (excludes halogenated alkanes) is 1. The Labute approximate surface area is 180 Å². The fourth-order valence-electron chi connectivity index (χ4n) is 3.10. The molecule has 1 N–H and O–H groups in total. The molecule has 0 saturated heterocycles. The summed E-state index contributed by atoms with van der Waals surface area (Å²) in [4.78, 5) is 33.3. The maximum Gasteiger partial charge on any atom is 0.281 e. The number of benzene rings is 1. The van der Waals surface area contributed by atoms with Crippen LogP contribution in [0, 0.1) is 0 Å². The second kappa shape index (κ2) is 8.67. The summed E-state index contributed by atoms with van der Waals surface area (Å²) in [6.07, 6.45) is 4.14. The molecule has 2 aromatic rings. The lowest BCUT2D eigenvalue weighted by molar-refractivity contribution is -0.113. The van der Waals surface area contributed by atoms with Crippen molar-refractivity contribution >= 4 is 29.3 Å². The number of carbonyl (C=O) groups excluding carboxylic acids is 2. The predicted octanol–water partition coefficient (Wildman–Crippen LogP) is 3.95. The smallest absolute Gasteiger partial charge is 0.281 e. The van der Waals surface area contributed by atoms with Crippen LogP contribution < -0.4 is 10.1 Å². The summed E-state index contributed by atoms with van der Waals surface area (Å²) in [6.45, 7) is 8.14. The molecule has 1 aromatic heterocycles. The molecule has 31 heavy (non-hydrogen) atoms. The summed E-state index contributed by atoms with van der Waals surface area (Å²) in [7, 11) is 0. The van der Waals surface area contributed by atoms with E-state index in [9.17, 15) is 9.59 Å². The quantitative estimate of drug-likeness (QED) is 0.543. The third kappa shape index (κ3) is 4.63. The molecule has 8 heteroatoms. The maximum atomic E-state index is 12.8. The summed E-state index contributed by atoms with van der Waals surface area (Å²) in [6, 6.07) is 8.81. The van der Waals surface area contributed by atoms with E-state index in [0.29, 0.717) is 29.6 Å². The van der Waals surface area contributed by atoms with E-state index in [-0.39, 0.29) is 17.4 Å². The minimum absolute atomic E-state index is 0.122. The number of ether oxygens (including phenoxy) is 1. The number of hydrogen-bond acceptors (Lipinski definition) is 5. The summed E-state index contributed by atoms with van der Waals surface area (Å²) >= 11 is 0. The van der Waals surface area contributed by atoms with Gasteiger partial charge in [0, 0.05) is 17.5 Å². The Hall–Kier alpha value is -3.55. The number of anilines is 1. The fourth-order valence-corrected chi connectivity index (χ4v) is 3.10. The molecule has 1 saturated carbocycles. The second-order valence-corrected chi connectivity index (χ2v) is 7.71. The zero-order valence-electron chi connectivity index (χ0n) is 17.7. The first-order valence-electron chi connectivity index (χ1n) is 10.5. The Bertz CT molecular complexity index is 1090. The van der Waals surface area contributed by atoms with Crippen molar-refractivity contribution in [1.82, 2.24) is 9.78 Å². The van der Waals surface area contributed by atoms with Crippen LogP contribution in [0.1, 0.15) is 61.5 Å². The summed E-state index contributed by atoms with van der Waals surface area (Å²) < 4.78 is 7.07. The highest BCUT2D eigenvalue weighted by atomic mass is 16.5. The Kier molecular flexibility index (Phi) is 5.79. The molecule has 0 atom stereocenters. The van der Waals surface area contributed by atoms with Crippen LogP contribution in [0.2, 0.25) is 0 Å². The Balaban J connectivity index is 1.55. The van der Waals surface area contributed by atoms with Gasteiger partial charge in [0.05, 0.1) is 23.6 Å². The molecule has 2 aliphatic rings. The van der Waals surface area contributed by atoms with Crippen molar-refractivity contribution in [2.45, 2.75) is 45.4 Å². The SMILES string of the molecule is C=C1C(=O)N=C(n2nc(C3CC3)cc2NC(=O)c2ccc(OCCCC)cc2)N=C1C. The number of carbonyl (C=O) groups is 2. The first-order chi connectivity index (χ1) is 15.0. The molecule has 2 heterocycles. The molecule has 1 aromatic carbocycles. The van der Waals surface area contributed by atoms with Gasteiger partial charge in [0.15, 0.2) is 0 Å². The molecule has 0 spiro atoms. The van der Waals surface area contributed by atoms with Crippen molar-refractivity contribution in [3.05, 3.63) is 53.7 Å². The van der Waals surface area contributed by atoms with Crippen molar-refractivity contribution in [3.63, 3.8) is 0 Å². The van der Waals surface area contributed by atoms with Gasteiger partial charge in [0.25, 0.3) is 17.8 Å². The topological polar surface area (TPSA) is 97.9 Å². The van der Waals surface area contributed by atoms with E-state index >= 15 is 0 Å². The number of aliphatic imine (C=N–C) groups is 2. The number of nitrogens with one attached hydrogen (secondary N) is 1. The number of rotatable bonds is 7. The minimum Gasteiger partial charge on any atom is -0.494 e. The van der Waals surface area contributed by atoms with Gasteiger partial charge in [-0.1, -0.05) is 19.9 Å². The number of aromatic nitrogens is 2. The Morgan fingerprint density at radius 2 is 2.00 bits per heavy atom. The highest BCUT2D eigenvalue weighted by molar-refractivity contribution is 6.28. The lowest BCUT2D eigenvalue weighted by atomic mass is 10.2. The lowest BCUT2D eigenvalue weighted by Crippen LogP contribution is -2.25. The second-order valence-electron chi connectivity index (χ2n) is 7.71. The molecule has 1 aliphatic heterocycles. The highest BCUT2D eigenvalue weighted by Gasteiger charge is 2.29. The molecule has 1 fully saturated rings. The number of nitrogens with zero attached hydrogens (tertiary/aromatic N) is 4. The van der Waals surface area contributed by atoms with Crippen LogP contribution in [-0.4, -0.2) is 39.9 Å². The molecule has 1 aliphatic carbocycles. The number of hydrogen-bond donors (Lipinski definition) is 1. The van der Waals surface area contributed by atoms with E-state index in [2.05, 4.69) is 33.9 Å². The molecule has 0 bridgehead atoms. The van der Waals surface area contributed by atoms with Crippen molar-refractivity contribution < 1.29 is 14.3 Å². The van der Waals surface area contributed by atoms with E-state index in [1.165, 1.54) is 4.68 Å². The zero-order chi connectivity index (χ0) is 22.0. The van der Waals surface area contributed by atoms with Crippen LogP contribution >= 0.6 is 0 Å². The van der Waals surface area contributed by atoms with Crippen LogP contribution in [0.25, 0.3) is 0 Å². The van der Waals surface area contributed by atoms with Gasteiger partial charge < -0.3 is 10.1 Å². The maximum absolute atomic E-state index is 12.8. The van der Waals surface area contributed by atoms with Crippen LogP contribution in [-0.2, 0) is 4.79 Å². The standard InChI is InChI=1S/C23H25N5O3/c1-4-5-12-31-18-10-8-17(9-11-18)22(30)25-20-13-19(16-6-7-16)27-28(20)23-24-15(3)14(2)21(29)26-23/h8-11,13,16H,2,4-7,12H2,1,3H3,(H,25,30). The molecule has 4 rings (SSSR count). The average Bonchev–Trinajstić information content (AvgIpc) is 3.53. The largest absolute Gasteiger partial charge is 0.494 e. The van der Waals surface area contributed by atoms with E-state index in [0.717, 1.165) is 37.1 Å². The number of amides is 2. The Morgan fingerprint density at radius 3 is 2.65 bits per heavy atom. The predicted molar refractivity (Wildman–Crippen MR) is 119 cm³/mol. The first-order valence-corrected chi connectivity index (χ1v) is 10.5. The molecule has 8 nitrogen and oxygen atoms in total. The normalized spacial score (nSPS) is 16.1. The highest BCUT2D eigenvalue weighted by Crippen LogP contribution is 2.40. The third-order valence-electron chi connectivity index (χ3n) is 5.20. The van der Waals surface area contributed by atoms with Crippen molar-refractivity contribution in [2.24, 2.45) is 9.98 Å². The fraction of sp³-hybridized carbons (Fsp3) is 0.348. The molecule has 160 valence electrons. The minimum atomic E-state index is -0.457. The molecule has 0 unspecified atom stereocenters. The van der Waals surface area contributed by atoms with Crippen molar-refractivity contribution in [1.29, 1.82) is 0 Å². The van der Waals surface area contributed by atoms with Crippen LogP contribution in [0.4, 0.5) is 5.82 Å². The van der Waals surface area contributed by atoms with Crippen molar-refractivity contribution in [3.8, 4) is 5.75 Å².